The van der Waals surface area contributed by atoms with E-state index in [4.69, 9.17) is 0 Å². The Labute approximate surface area is 114 Å². The highest BCUT2D eigenvalue weighted by atomic mass is 32.2. The first-order chi connectivity index (χ1) is 9.00. The maximum Gasteiger partial charge on any atom is 0.272 e. The van der Waals surface area contributed by atoms with Crippen LogP contribution in [0.15, 0.2) is 54.6 Å². The molecular weight excluding hydrogens is 260 g/mol. The number of rotatable bonds is 4. The second-order valence-corrected chi connectivity index (χ2v) is 6.37. The molecule has 1 aromatic rings. The smallest absolute Gasteiger partial charge is 0.272 e. The highest BCUT2D eigenvalue weighted by molar-refractivity contribution is 7.86. The molecule has 2 atom stereocenters. The van der Waals surface area contributed by atoms with E-state index in [0.717, 1.165) is 12.0 Å². The van der Waals surface area contributed by atoms with E-state index in [9.17, 15) is 13.0 Å². The second kappa shape index (κ2) is 5.31. The minimum Gasteiger partial charge on any atom is -0.285 e. The van der Waals surface area contributed by atoms with Crippen molar-refractivity contribution in [1.82, 2.24) is 0 Å². The Morgan fingerprint density at radius 2 is 1.89 bits per heavy atom. The molecule has 1 aliphatic rings. The zero-order valence-electron chi connectivity index (χ0n) is 10.9. The molecule has 2 rings (SSSR count). The Kier molecular flexibility index (Phi) is 3.92. The van der Waals surface area contributed by atoms with Crippen LogP contribution in [-0.4, -0.2) is 18.2 Å². The molecule has 4 heteroatoms. The van der Waals surface area contributed by atoms with Gasteiger partial charge in [0, 0.05) is 5.41 Å². The lowest BCUT2D eigenvalue weighted by Crippen LogP contribution is -2.42. The van der Waals surface area contributed by atoms with Gasteiger partial charge in [0.1, 0.15) is 5.25 Å². The van der Waals surface area contributed by atoms with Crippen LogP contribution < -0.4 is 0 Å². The van der Waals surface area contributed by atoms with Gasteiger partial charge >= 0.3 is 0 Å². The molecule has 0 radical (unpaired) electrons. The van der Waals surface area contributed by atoms with Gasteiger partial charge in [-0.25, -0.2) is 0 Å². The molecule has 1 aromatic carbocycles. The van der Waals surface area contributed by atoms with Crippen molar-refractivity contribution in [2.24, 2.45) is 0 Å². The summed E-state index contributed by atoms with van der Waals surface area (Å²) in [6.45, 7) is 2.01. The summed E-state index contributed by atoms with van der Waals surface area (Å²) in [7, 11) is -4.14. The fourth-order valence-electron chi connectivity index (χ4n) is 2.82. The van der Waals surface area contributed by atoms with Gasteiger partial charge in [0.05, 0.1) is 0 Å². The average molecular weight is 278 g/mol. The van der Waals surface area contributed by atoms with Gasteiger partial charge in [-0.1, -0.05) is 68.0 Å². The van der Waals surface area contributed by atoms with Crippen molar-refractivity contribution >= 4 is 10.1 Å². The molecule has 0 fully saturated rings. The van der Waals surface area contributed by atoms with Crippen LogP contribution in [0.5, 0.6) is 0 Å². The van der Waals surface area contributed by atoms with E-state index >= 15 is 0 Å². The van der Waals surface area contributed by atoms with Crippen molar-refractivity contribution in [3.63, 3.8) is 0 Å². The van der Waals surface area contributed by atoms with E-state index in [2.05, 4.69) is 0 Å². The molecule has 0 amide bonds. The van der Waals surface area contributed by atoms with Crippen molar-refractivity contribution in [2.45, 2.75) is 30.4 Å². The zero-order valence-corrected chi connectivity index (χ0v) is 11.7. The van der Waals surface area contributed by atoms with E-state index in [-0.39, 0.29) is 0 Å². The van der Waals surface area contributed by atoms with Gasteiger partial charge in [0.25, 0.3) is 10.1 Å². The predicted octanol–water partition coefficient (Wildman–Crippen LogP) is 3.11. The van der Waals surface area contributed by atoms with Gasteiger partial charge in [-0.3, -0.25) is 4.55 Å². The predicted molar refractivity (Wildman–Crippen MR) is 76.6 cm³/mol. The minimum absolute atomic E-state index is 0.669. The van der Waals surface area contributed by atoms with Gasteiger partial charge in [-0.05, 0) is 12.0 Å². The van der Waals surface area contributed by atoms with Crippen LogP contribution in [0.3, 0.4) is 0 Å². The zero-order chi connectivity index (χ0) is 13.9. The minimum atomic E-state index is -4.14. The van der Waals surface area contributed by atoms with Crippen LogP contribution in [-0.2, 0) is 15.5 Å². The summed E-state index contributed by atoms with van der Waals surface area (Å²) in [6.07, 6.45) is 8.49. The van der Waals surface area contributed by atoms with E-state index in [1.165, 1.54) is 0 Å². The first kappa shape index (κ1) is 14.0. The van der Waals surface area contributed by atoms with Crippen LogP contribution in [0, 0.1) is 0 Å². The lowest BCUT2D eigenvalue weighted by molar-refractivity contribution is 0.422. The highest BCUT2D eigenvalue weighted by Crippen LogP contribution is 2.40. The fourth-order valence-corrected chi connectivity index (χ4v) is 3.97. The lowest BCUT2D eigenvalue weighted by atomic mass is 9.72. The van der Waals surface area contributed by atoms with E-state index < -0.39 is 20.8 Å². The molecule has 0 spiro atoms. The Morgan fingerprint density at radius 1 is 1.21 bits per heavy atom. The van der Waals surface area contributed by atoms with Crippen molar-refractivity contribution in [3.05, 3.63) is 60.2 Å². The third-order valence-electron chi connectivity index (χ3n) is 3.59. The maximum atomic E-state index is 11.7. The normalized spacial score (nSPS) is 26.5. The van der Waals surface area contributed by atoms with Crippen LogP contribution in [0.1, 0.15) is 25.3 Å². The maximum absolute atomic E-state index is 11.7. The molecule has 1 N–H and O–H groups in total. The van der Waals surface area contributed by atoms with Gasteiger partial charge in [0.2, 0.25) is 0 Å². The van der Waals surface area contributed by atoms with Crippen LogP contribution >= 0.6 is 0 Å². The molecule has 2 unspecified atom stereocenters. The van der Waals surface area contributed by atoms with E-state index in [1.807, 2.05) is 49.4 Å². The molecule has 0 bridgehead atoms. The largest absolute Gasteiger partial charge is 0.285 e. The van der Waals surface area contributed by atoms with Gasteiger partial charge in [0.15, 0.2) is 0 Å². The average Bonchev–Trinajstić information content (AvgIpc) is 2.39. The summed E-state index contributed by atoms with van der Waals surface area (Å²) in [6, 6.07) is 9.50. The number of hydrogen-bond donors (Lipinski definition) is 1. The molecule has 102 valence electrons. The van der Waals surface area contributed by atoms with Crippen molar-refractivity contribution in [3.8, 4) is 0 Å². The van der Waals surface area contributed by atoms with Crippen LogP contribution in [0.25, 0.3) is 0 Å². The fraction of sp³-hybridized carbons (Fsp3) is 0.333. The molecule has 3 nitrogen and oxygen atoms in total. The summed E-state index contributed by atoms with van der Waals surface area (Å²) < 4.78 is 33.0. The molecule has 1 aliphatic carbocycles. The summed E-state index contributed by atoms with van der Waals surface area (Å²) >= 11 is 0. The number of allylic oxidation sites excluding steroid dienone is 3. The Bertz CT molecular complexity index is 587. The van der Waals surface area contributed by atoms with Crippen molar-refractivity contribution < 1.29 is 13.0 Å². The van der Waals surface area contributed by atoms with Gasteiger partial charge < -0.3 is 0 Å². The Morgan fingerprint density at radius 3 is 2.47 bits per heavy atom. The molecule has 0 aliphatic heterocycles. The molecule has 0 aromatic heterocycles. The molecule has 0 heterocycles. The lowest BCUT2D eigenvalue weighted by Gasteiger charge is -2.37. The number of hydrogen-bond acceptors (Lipinski definition) is 2. The van der Waals surface area contributed by atoms with Crippen molar-refractivity contribution in [1.29, 1.82) is 0 Å². The third kappa shape index (κ3) is 2.65. The monoisotopic (exact) mass is 278 g/mol. The SMILES string of the molecule is CCCC1(c2ccccc2)C=CC=CC1S(=O)(=O)O. The molecule has 0 saturated heterocycles. The van der Waals surface area contributed by atoms with Gasteiger partial charge in [-0.15, -0.1) is 0 Å². The number of benzene rings is 1. The summed E-state index contributed by atoms with van der Waals surface area (Å²) in [5.41, 5.74) is 0.235. The van der Waals surface area contributed by atoms with E-state index in [1.54, 1.807) is 12.2 Å². The first-order valence-corrected chi connectivity index (χ1v) is 7.89. The quantitative estimate of drug-likeness (QED) is 0.861. The third-order valence-corrected chi connectivity index (χ3v) is 4.81. The molecule has 0 saturated carbocycles. The van der Waals surface area contributed by atoms with Crippen LogP contribution in [0.2, 0.25) is 0 Å². The van der Waals surface area contributed by atoms with Crippen LogP contribution in [0.4, 0.5) is 0 Å². The summed E-state index contributed by atoms with van der Waals surface area (Å²) in [5.74, 6) is 0. The summed E-state index contributed by atoms with van der Waals surface area (Å²) in [4.78, 5) is 0. The first-order valence-electron chi connectivity index (χ1n) is 6.38. The standard InChI is InChI=1S/C15H18O3S/c1-2-11-15(13-8-4-3-5-9-13)12-7-6-10-14(15)19(16,17)18/h3-10,12,14H,2,11H2,1H3,(H,16,17,18). The Hall–Kier alpha value is -1.39. The summed E-state index contributed by atoms with van der Waals surface area (Å²) in [5, 5.41) is -0.924. The molecule has 19 heavy (non-hydrogen) atoms. The molecular formula is C15H18O3S. The van der Waals surface area contributed by atoms with Crippen molar-refractivity contribution in [2.75, 3.05) is 0 Å². The topological polar surface area (TPSA) is 54.4 Å². The Balaban J connectivity index is 2.60. The highest BCUT2D eigenvalue weighted by Gasteiger charge is 2.44. The van der Waals surface area contributed by atoms with E-state index in [0.29, 0.717) is 6.42 Å². The second-order valence-electron chi connectivity index (χ2n) is 4.84. The van der Waals surface area contributed by atoms with Gasteiger partial charge in [-0.2, -0.15) is 8.42 Å².